The minimum atomic E-state index is -0.714. The van der Waals surface area contributed by atoms with Gasteiger partial charge in [-0.05, 0) is 30.3 Å². The molecule has 0 fully saturated rings. The van der Waals surface area contributed by atoms with Crippen LogP contribution in [0.25, 0.3) is 32.8 Å². The van der Waals surface area contributed by atoms with Gasteiger partial charge in [0.05, 0.1) is 11.4 Å². The summed E-state index contributed by atoms with van der Waals surface area (Å²) >= 11 is 1.31. The molecule has 0 unspecified atom stereocenters. The highest BCUT2D eigenvalue weighted by Crippen LogP contribution is 2.33. The quantitative estimate of drug-likeness (QED) is 0.348. The van der Waals surface area contributed by atoms with Gasteiger partial charge >= 0.3 is 5.63 Å². The van der Waals surface area contributed by atoms with Crippen molar-refractivity contribution in [3.8, 4) is 21.8 Å². The number of carbonyl (C=O) groups is 1. The zero-order valence-electron chi connectivity index (χ0n) is 16.5. The molecule has 0 spiro atoms. The second-order valence-electron chi connectivity index (χ2n) is 7.00. The fraction of sp³-hybridized carbons (Fsp3) is 0. The van der Waals surface area contributed by atoms with Gasteiger partial charge < -0.3 is 9.73 Å². The summed E-state index contributed by atoms with van der Waals surface area (Å²) in [5.74, 6) is -0.931. The molecule has 0 saturated carbocycles. The minimum Gasteiger partial charge on any atom is -0.422 e. The van der Waals surface area contributed by atoms with Gasteiger partial charge in [0.25, 0.3) is 5.91 Å². The van der Waals surface area contributed by atoms with Crippen LogP contribution in [0.3, 0.4) is 0 Å². The number of hydrogen-bond donors (Lipinski definition) is 1. The zero-order chi connectivity index (χ0) is 22.1. The van der Waals surface area contributed by atoms with Gasteiger partial charge in [0, 0.05) is 21.9 Å². The molecule has 1 N–H and O–H groups in total. The zero-order valence-corrected chi connectivity index (χ0v) is 17.4. The molecule has 32 heavy (non-hydrogen) atoms. The SMILES string of the molecule is O=C(Nc1ccccc1-c1csc(-c2ccccc2F)n1)c1cc2ccccc2oc1=O. The number of benzene rings is 3. The van der Waals surface area contributed by atoms with E-state index in [1.807, 2.05) is 6.07 Å². The van der Waals surface area contributed by atoms with Crippen LogP contribution in [-0.2, 0) is 0 Å². The molecule has 3 aromatic carbocycles. The number of para-hydroxylation sites is 2. The average Bonchev–Trinajstić information content (AvgIpc) is 3.29. The molecule has 156 valence electrons. The Morgan fingerprint density at radius 3 is 2.50 bits per heavy atom. The summed E-state index contributed by atoms with van der Waals surface area (Å²) in [6.45, 7) is 0. The Hall–Kier alpha value is -4.10. The molecule has 0 aliphatic heterocycles. The monoisotopic (exact) mass is 442 g/mol. The number of hydrogen-bond acceptors (Lipinski definition) is 5. The van der Waals surface area contributed by atoms with Crippen molar-refractivity contribution in [2.45, 2.75) is 0 Å². The maximum absolute atomic E-state index is 14.1. The average molecular weight is 442 g/mol. The summed E-state index contributed by atoms with van der Waals surface area (Å²) in [4.78, 5) is 29.8. The largest absolute Gasteiger partial charge is 0.422 e. The number of nitrogens with zero attached hydrogens (tertiary/aromatic N) is 1. The Balaban J connectivity index is 1.49. The Morgan fingerprint density at radius 2 is 1.66 bits per heavy atom. The van der Waals surface area contributed by atoms with E-state index in [0.717, 1.165) is 0 Å². The first kappa shape index (κ1) is 19.8. The van der Waals surface area contributed by atoms with Crippen LogP contribution in [0.5, 0.6) is 0 Å². The highest BCUT2D eigenvalue weighted by Gasteiger charge is 2.17. The van der Waals surface area contributed by atoms with Crippen molar-refractivity contribution in [2.24, 2.45) is 0 Å². The molecule has 5 rings (SSSR count). The molecule has 2 aromatic heterocycles. The van der Waals surface area contributed by atoms with Crippen molar-refractivity contribution in [3.05, 3.63) is 106 Å². The number of halogens is 1. The minimum absolute atomic E-state index is 0.0937. The number of thiazole rings is 1. The lowest BCUT2D eigenvalue weighted by Gasteiger charge is -2.09. The summed E-state index contributed by atoms with van der Waals surface area (Å²) in [5.41, 5.74) is 1.75. The van der Waals surface area contributed by atoms with Crippen molar-refractivity contribution >= 4 is 33.9 Å². The summed E-state index contributed by atoms with van der Waals surface area (Å²) in [6, 6.07) is 22.1. The Labute approximate surface area is 185 Å². The van der Waals surface area contributed by atoms with Crippen LogP contribution in [0, 0.1) is 5.82 Å². The maximum atomic E-state index is 14.1. The predicted octanol–water partition coefficient (Wildman–Crippen LogP) is 5.97. The van der Waals surface area contributed by atoms with E-state index in [-0.39, 0.29) is 11.4 Å². The molecule has 0 aliphatic rings. The molecule has 0 bridgehead atoms. The third-order valence-electron chi connectivity index (χ3n) is 4.95. The highest BCUT2D eigenvalue weighted by molar-refractivity contribution is 7.13. The third kappa shape index (κ3) is 3.70. The fourth-order valence-electron chi connectivity index (χ4n) is 3.38. The van der Waals surface area contributed by atoms with E-state index in [4.69, 9.17) is 4.42 Å². The standard InChI is InChI=1S/C25H15FN2O3S/c26-19-10-4-2-8-16(19)24-28-21(14-32-24)17-9-3-5-11-20(17)27-23(29)18-13-15-7-1-6-12-22(15)31-25(18)30/h1-14H,(H,27,29). The first-order valence-corrected chi connectivity index (χ1v) is 10.6. The Kier molecular flexibility index (Phi) is 5.09. The van der Waals surface area contributed by atoms with Crippen LogP contribution >= 0.6 is 11.3 Å². The number of nitrogens with one attached hydrogen (secondary N) is 1. The Morgan fingerprint density at radius 1 is 0.938 bits per heavy atom. The smallest absolute Gasteiger partial charge is 0.349 e. The van der Waals surface area contributed by atoms with Crippen LogP contribution in [0.4, 0.5) is 10.1 Å². The number of carbonyl (C=O) groups excluding carboxylic acids is 1. The molecule has 7 heteroatoms. The molecular weight excluding hydrogens is 427 g/mol. The van der Waals surface area contributed by atoms with E-state index in [0.29, 0.717) is 38.5 Å². The molecule has 0 aliphatic carbocycles. The maximum Gasteiger partial charge on any atom is 0.349 e. The summed E-state index contributed by atoms with van der Waals surface area (Å²) in [7, 11) is 0. The molecular formula is C25H15FN2O3S. The van der Waals surface area contributed by atoms with Gasteiger partial charge in [0.15, 0.2) is 0 Å². The summed E-state index contributed by atoms with van der Waals surface area (Å²) in [6.07, 6.45) is 0. The number of aromatic nitrogens is 1. The van der Waals surface area contributed by atoms with E-state index in [1.165, 1.54) is 23.5 Å². The van der Waals surface area contributed by atoms with Gasteiger partial charge in [0.1, 0.15) is 22.0 Å². The molecule has 0 radical (unpaired) electrons. The van der Waals surface area contributed by atoms with Crippen LogP contribution < -0.4 is 10.9 Å². The molecule has 2 heterocycles. The molecule has 0 atom stereocenters. The van der Waals surface area contributed by atoms with E-state index in [2.05, 4.69) is 10.3 Å². The summed E-state index contributed by atoms with van der Waals surface area (Å²) in [5, 5.41) is 5.77. The van der Waals surface area contributed by atoms with Crippen molar-refractivity contribution in [1.82, 2.24) is 4.98 Å². The number of rotatable bonds is 4. The van der Waals surface area contributed by atoms with Crippen LogP contribution in [0.2, 0.25) is 0 Å². The number of anilines is 1. The van der Waals surface area contributed by atoms with Gasteiger partial charge in [-0.15, -0.1) is 11.3 Å². The van der Waals surface area contributed by atoms with Crippen LogP contribution in [0.15, 0.2) is 93.5 Å². The van der Waals surface area contributed by atoms with Gasteiger partial charge in [-0.25, -0.2) is 14.2 Å². The normalized spacial score (nSPS) is 10.9. The third-order valence-corrected chi connectivity index (χ3v) is 5.82. The van der Waals surface area contributed by atoms with E-state index >= 15 is 0 Å². The number of amides is 1. The fourth-order valence-corrected chi connectivity index (χ4v) is 4.23. The first-order valence-electron chi connectivity index (χ1n) is 9.74. The van der Waals surface area contributed by atoms with Crippen molar-refractivity contribution in [1.29, 1.82) is 0 Å². The lowest BCUT2D eigenvalue weighted by molar-refractivity contribution is 0.102. The number of fused-ring (bicyclic) bond motifs is 1. The predicted molar refractivity (Wildman–Crippen MR) is 123 cm³/mol. The van der Waals surface area contributed by atoms with Crippen molar-refractivity contribution in [3.63, 3.8) is 0 Å². The molecule has 5 aromatic rings. The van der Waals surface area contributed by atoms with E-state index in [1.54, 1.807) is 66.0 Å². The lowest BCUT2D eigenvalue weighted by Crippen LogP contribution is -2.21. The van der Waals surface area contributed by atoms with Crippen LogP contribution in [0.1, 0.15) is 10.4 Å². The topological polar surface area (TPSA) is 72.2 Å². The van der Waals surface area contributed by atoms with Gasteiger partial charge in [-0.1, -0.05) is 48.5 Å². The van der Waals surface area contributed by atoms with E-state index < -0.39 is 11.5 Å². The van der Waals surface area contributed by atoms with E-state index in [9.17, 15) is 14.0 Å². The van der Waals surface area contributed by atoms with Crippen LogP contribution in [-0.4, -0.2) is 10.9 Å². The first-order chi connectivity index (χ1) is 15.6. The second-order valence-corrected chi connectivity index (χ2v) is 7.86. The Bertz CT molecular complexity index is 1520. The highest BCUT2D eigenvalue weighted by atomic mass is 32.1. The van der Waals surface area contributed by atoms with Gasteiger partial charge in [0.2, 0.25) is 0 Å². The summed E-state index contributed by atoms with van der Waals surface area (Å²) < 4.78 is 19.4. The molecule has 5 nitrogen and oxygen atoms in total. The molecule has 1 amide bonds. The molecule has 0 saturated heterocycles. The van der Waals surface area contributed by atoms with Crippen molar-refractivity contribution < 1.29 is 13.6 Å². The second kappa shape index (κ2) is 8.20. The lowest BCUT2D eigenvalue weighted by atomic mass is 10.1. The van der Waals surface area contributed by atoms with Crippen molar-refractivity contribution in [2.75, 3.05) is 5.32 Å². The van der Waals surface area contributed by atoms with Gasteiger partial charge in [-0.2, -0.15) is 0 Å². The van der Waals surface area contributed by atoms with Gasteiger partial charge in [-0.3, -0.25) is 4.79 Å².